The Balaban J connectivity index is 0.000000563. The summed E-state index contributed by atoms with van der Waals surface area (Å²) >= 11 is 0. The summed E-state index contributed by atoms with van der Waals surface area (Å²) in [6.07, 6.45) is 1.72. The first-order valence-electron chi connectivity index (χ1n) is 15.7. The van der Waals surface area contributed by atoms with Gasteiger partial charge >= 0.3 is 0 Å². The van der Waals surface area contributed by atoms with E-state index in [1.54, 1.807) is 6.20 Å². The van der Waals surface area contributed by atoms with E-state index in [2.05, 4.69) is 110 Å². The van der Waals surface area contributed by atoms with E-state index in [0.717, 1.165) is 22.5 Å². The standard InChI is InChI=1S/C28H18N4.5C2H6/c1-2-9-19(10-3-1)31-24-13-6-4-11-20(24)22-16-17-23-21-12-5-7-14-25(21)32(28(23)27(22)31)26-15-8-18-29-30-26;5*1-2/h1-18H;5*1-2H3. The van der Waals surface area contributed by atoms with Gasteiger partial charge in [-0.3, -0.25) is 4.57 Å². The molecule has 4 heteroatoms. The van der Waals surface area contributed by atoms with E-state index in [9.17, 15) is 0 Å². The highest BCUT2D eigenvalue weighted by atomic mass is 15.2. The SMILES string of the molecule is CC.CC.CC.CC.CC.c1ccc(-n2c3ccccc3c3ccc4c5ccccc5n(-c5cccnn5)c4c32)cc1. The molecule has 0 aliphatic rings. The molecule has 0 fully saturated rings. The number of hydrogen-bond donors (Lipinski definition) is 0. The second kappa shape index (κ2) is 17.4. The number of hydrogen-bond acceptors (Lipinski definition) is 2. The average molecular weight is 561 g/mol. The third-order valence-corrected chi connectivity index (χ3v) is 6.27. The molecule has 4 nitrogen and oxygen atoms in total. The minimum atomic E-state index is 0.816. The lowest BCUT2D eigenvalue weighted by molar-refractivity contribution is 0.953. The molecule has 4 aromatic carbocycles. The smallest absolute Gasteiger partial charge is 0.160 e. The summed E-state index contributed by atoms with van der Waals surface area (Å²) in [5.74, 6) is 0.816. The van der Waals surface area contributed by atoms with Crippen molar-refractivity contribution in [3.05, 3.63) is 109 Å². The van der Waals surface area contributed by atoms with E-state index < -0.39 is 0 Å². The van der Waals surface area contributed by atoms with Crippen molar-refractivity contribution in [2.75, 3.05) is 0 Å². The largest absolute Gasteiger partial charge is 0.307 e. The molecule has 0 saturated heterocycles. The number of nitrogens with zero attached hydrogens (tertiary/aromatic N) is 4. The zero-order chi connectivity index (χ0) is 31.1. The maximum atomic E-state index is 4.49. The van der Waals surface area contributed by atoms with Gasteiger partial charge < -0.3 is 4.57 Å². The Morgan fingerprint density at radius 2 is 0.857 bits per heavy atom. The van der Waals surface area contributed by atoms with Crippen LogP contribution in [0.1, 0.15) is 69.2 Å². The summed E-state index contributed by atoms with van der Waals surface area (Å²) in [5, 5.41) is 13.6. The van der Waals surface area contributed by atoms with Crippen molar-refractivity contribution < 1.29 is 0 Å². The predicted octanol–water partition coefficient (Wildman–Crippen LogP) is 11.8. The Bertz CT molecular complexity index is 1630. The zero-order valence-corrected chi connectivity index (χ0v) is 27.2. The fourth-order valence-electron chi connectivity index (χ4n) is 5.00. The van der Waals surface area contributed by atoms with Gasteiger partial charge in [0, 0.05) is 33.4 Å². The molecular weight excluding hydrogens is 512 g/mol. The van der Waals surface area contributed by atoms with Gasteiger partial charge in [0.2, 0.25) is 0 Å². The molecule has 3 heterocycles. The molecule has 0 aliphatic heterocycles. The van der Waals surface area contributed by atoms with Crippen LogP contribution in [-0.4, -0.2) is 19.3 Å². The maximum Gasteiger partial charge on any atom is 0.160 e. The Hall–Kier alpha value is -4.44. The van der Waals surface area contributed by atoms with Crippen LogP contribution in [0.25, 0.3) is 55.1 Å². The fourth-order valence-corrected chi connectivity index (χ4v) is 5.00. The van der Waals surface area contributed by atoms with Crippen LogP contribution in [0.3, 0.4) is 0 Å². The Kier molecular flexibility index (Phi) is 14.0. The van der Waals surface area contributed by atoms with Crippen molar-refractivity contribution in [1.82, 2.24) is 19.3 Å². The number of rotatable bonds is 2. The van der Waals surface area contributed by atoms with Gasteiger partial charge in [0.1, 0.15) is 0 Å². The Morgan fingerprint density at radius 1 is 0.405 bits per heavy atom. The van der Waals surface area contributed by atoms with Crippen molar-refractivity contribution >= 4 is 43.6 Å². The molecule has 0 radical (unpaired) electrons. The third kappa shape index (κ3) is 6.23. The van der Waals surface area contributed by atoms with Gasteiger partial charge in [-0.05, 0) is 36.4 Å². The second-order valence-corrected chi connectivity index (χ2v) is 7.98. The molecule has 0 spiro atoms. The molecule has 0 aliphatic carbocycles. The monoisotopic (exact) mass is 560 g/mol. The Labute approximate surface area is 252 Å². The summed E-state index contributed by atoms with van der Waals surface area (Å²) in [6, 6.07) is 36.2. The van der Waals surface area contributed by atoms with Crippen molar-refractivity contribution in [2.45, 2.75) is 69.2 Å². The van der Waals surface area contributed by atoms with Crippen LogP contribution in [-0.2, 0) is 0 Å². The van der Waals surface area contributed by atoms with Crippen LogP contribution in [0.5, 0.6) is 0 Å². The summed E-state index contributed by atoms with van der Waals surface area (Å²) in [6.45, 7) is 20.0. The highest BCUT2D eigenvalue weighted by Gasteiger charge is 2.21. The molecule has 42 heavy (non-hydrogen) atoms. The molecule has 7 aromatic rings. The van der Waals surface area contributed by atoms with Crippen LogP contribution in [0.15, 0.2) is 109 Å². The minimum absolute atomic E-state index is 0.816. The van der Waals surface area contributed by atoms with E-state index in [4.69, 9.17) is 0 Å². The normalized spacial score (nSPS) is 9.67. The van der Waals surface area contributed by atoms with Crippen LogP contribution in [0, 0.1) is 0 Å². The van der Waals surface area contributed by atoms with E-state index >= 15 is 0 Å². The van der Waals surface area contributed by atoms with Gasteiger partial charge in [-0.2, -0.15) is 5.10 Å². The number of aromatic nitrogens is 4. The van der Waals surface area contributed by atoms with Crippen molar-refractivity contribution in [3.63, 3.8) is 0 Å². The first kappa shape index (κ1) is 33.8. The van der Waals surface area contributed by atoms with Gasteiger partial charge in [0.15, 0.2) is 5.82 Å². The molecule has 0 unspecified atom stereocenters. The Morgan fingerprint density at radius 3 is 1.36 bits per heavy atom. The molecule has 0 bridgehead atoms. The van der Waals surface area contributed by atoms with E-state index in [0.29, 0.717) is 0 Å². The predicted molar refractivity (Wildman–Crippen MR) is 187 cm³/mol. The van der Waals surface area contributed by atoms with E-state index in [-0.39, 0.29) is 0 Å². The topological polar surface area (TPSA) is 35.6 Å². The lowest BCUT2D eigenvalue weighted by atomic mass is 10.1. The van der Waals surface area contributed by atoms with Gasteiger partial charge in [-0.25, -0.2) is 0 Å². The molecular formula is C38H48N4. The number of fused-ring (bicyclic) bond motifs is 7. The van der Waals surface area contributed by atoms with E-state index in [1.807, 2.05) is 81.4 Å². The molecule has 7 rings (SSSR count). The van der Waals surface area contributed by atoms with Gasteiger partial charge in [0.25, 0.3) is 0 Å². The lowest BCUT2D eigenvalue weighted by Crippen LogP contribution is -2.00. The van der Waals surface area contributed by atoms with Crippen LogP contribution in [0.2, 0.25) is 0 Å². The fraction of sp³-hybridized carbons (Fsp3) is 0.263. The first-order chi connectivity index (χ1) is 20.9. The molecule has 3 aromatic heterocycles. The zero-order valence-electron chi connectivity index (χ0n) is 27.2. The summed E-state index contributed by atoms with van der Waals surface area (Å²) in [5.41, 5.74) is 5.78. The number of benzene rings is 4. The van der Waals surface area contributed by atoms with Crippen LogP contribution < -0.4 is 0 Å². The molecule has 0 atom stereocenters. The molecule has 0 N–H and O–H groups in total. The van der Waals surface area contributed by atoms with Crippen molar-refractivity contribution in [1.29, 1.82) is 0 Å². The van der Waals surface area contributed by atoms with Crippen LogP contribution >= 0.6 is 0 Å². The van der Waals surface area contributed by atoms with Crippen molar-refractivity contribution in [2.24, 2.45) is 0 Å². The quantitative estimate of drug-likeness (QED) is 0.211. The summed E-state index contributed by atoms with van der Waals surface area (Å²) in [4.78, 5) is 0. The maximum absolute atomic E-state index is 4.49. The number of para-hydroxylation sites is 3. The van der Waals surface area contributed by atoms with Gasteiger partial charge in [-0.15, -0.1) is 5.10 Å². The van der Waals surface area contributed by atoms with Crippen molar-refractivity contribution in [3.8, 4) is 11.5 Å². The lowest BCUT2D eigenvalue weighted by Gasteiger charge is -2.11. The molecule has 0 saturated carbocycles. The van der Waals surface area contributed by atoms with Gasteiger partial charge in [0.05, 0.1) is 22.1 Å². The minimum Gasteiger partial charge on any atom is -0.307 e. The van der Waals surface area contributed by atoms with Gasteiger partial charge in [-0.1, -0.05) is 136 Å². The molecule has 220 valence electrons. The average Bonchev–Trinajstić information content (AvgIpc) is 3.63. The first-order valence-corrected chi connectivity index (χ1v) is 15.7. The molecule has 0 amide bonds. The third-order valence-electron chi connectivity index (χ3n) is 6.27. The highest BCUT2D eigenvalue weighted by molar-refractivity contribution is 6.23. The summed E-state index contributed by atoms with van der Waals surface area (Å²) < 4.78 is 4.62. The van der Waals surface area contributed by atoms with E-state index in [1.165, 1.54) is 32.6 Å². The summed E-state index contributed by atoms with van der Waals surface area (Å²) in [7, 11) is 0. The van der Waals surface area contributed by atoms with Crippen LogP contribution in [0.4, 0.5) is 0 Å². The second-order valence-electron chi connectivity index (χ2n) is 7.98. The highest BCUT2D eigenvalue weighted by Crippen LogP contribution is 2.41.